The predicted octanol–water partition coefficient (Wildman–Crippen LogP) is -0.878. The molecular formula is C15H20FN4O14P3. The zero-order chi connectivity index (χ0) is 28.0. The monoisotopic (exact) mass is 592 g/mol. The summed E-state index contributed by atoms with van der Waals surface area (Å²) in [5, 5.41) is 22.0. The van der Waals surface area contributed by atoms with Crippen LogP contribution in [0.1, 0.15) is 19.0 Å². The average Bonchev–Trinajstić information content (AvgIpc) is 3.23. The molecule has 2 aromatic heterocycles. The van der Waals surface area contributed by atoms with Crippen molar-refractivity contribution in [3.63, 3.8) is 0 Å². The Morgan fingerprint density at radius 3 is 2.51 bits per heavy atom. The van der Waals surface area contributed by atoms with Gasteiger partial charge in [-0.3, -0.25) is 13.9 Å². The minimum atomic E-state index is -5.84. The number of nitrogens with zero attached hydrogens (tertiary/aromatic N) is 3. The molecule has 0 saturated carbocycles. The molecule has 7 N–H and O–H groups in total. The normalized spacial score (nSPS) is 28.3. The lowest BCUT2D eigenvalue weighted by Gasteiger charge is -2.27. The highest BCUT2D eigenvalue weighted by atomic mass is 31.3. The van der Waals surface area contributed by atoms with E-state index < -0.39 is 65.8 Å². The number of fused-ring (bicyclic) bond motifs is 1. The number of rotatable bonds is 8. The summed E-state index contributed by atoms with van der Waals surface area (Å²) in [5.74, 6) is 4.14. The molecule has 1 aliphatic heterocycles. The Kier molecular flexibility index (Phi) is 8.31. The SMILES string of the molecule is Cc1nc2c(ncn2[C@@H]2O[C@H]([C@H](C)OP(=O)(O)OP(=O)(O)OP(=O)(O)O)[C@H](O)C2(O)C#CCF)c(=O)[nH]1. The van der Waals surface area contributed by atoms with Crippen molar-refractivity contribution in [3.05, 3.63) is 22.5 Å². The van der Waals surface area contributed by atoms with Gasteiger partial charge in [0.25, 0.3) is 5.56 Å². The minimum absolute atomic E-state index is 0.133. The number of aryl methyl sites for hydroxylation is 1. The number of halogens is 1. The van der Waals surface area contributed by atoms with E-state index in [9.17, 15) is 42.9 Å². The molecule has 1 fully saturated rings. The van der Waals surface area contributed by atoms with Crippen LogP contribution in [0.3, 0.4) is 0 Å². The topological polar surface area (TPSA) is 273 Å². The molecule has 3 heterocycles. The van der Waals surface area contributed by atoms with Crippen molar-refractivity contribution >= 4 is 34.6 Å². The van der Waals surface area contributed by atoms with Gasteiger partial charge in [-0.25, -0.2) is 28.1 Å². The Morgan fingerprint density at radius 2 is 1.92 bits per heavy atom. The summed E-state index contributed by atoms with van der Waals surface area (Å²) in [5.41, 5.74) is -3.64. The van der Waals surface area contributed by atoms with Crippen LogP contribution in [0.2, 0.25) is 0 Å². The summed E-state index contributed by atoms with van der Waals surface area (Å²) in [4.78, 5) is 58.8. The quantitative estimate of drug-likeness (QED) is 0.145. The molecular weight excluding hydrogens is 572 g/mol. The van der Waals surface area contributed by atoms with Crippen LogP contribution in [0, 0.1) is 18.8 Å². The summed E-state index contributed by atoms with van der Waals surface area (Å²) in [7, 11) is -17.1. The second-order valence-electron chi connectivity index (χ2n) is 7.54. The average molecular weight is 592 g/mol. The van der Waals surface area contributed by atoms with E-state index in [0.717, 1.165) is 17.8 Å². The van der Waals surface area contributed by atoms with E-state index in [1.165, 1.54) is 6.92 Å². The molecule has 0 amide bonds. The van der Waals surface area contributed by atoms with Crippen molar-refractivity contribution in [2.45, 2.75) is 44.0 Å². The first-order valence-electron chi connectivity index (χ1n) is 9.76. The van der Waals surface area contributed by atoms with Crippen LogP contribution in [0.5, 0.6) is 0 Å². The Morgan fingerprint density at radius 1 is 1.27 bits per heavy atom. The number of phosphoric acid groups is 3. The van der Waals surface area contributed by atoms with Crippen molar-refractivity contribution in [1.82, 2.24) is 19.5 Å². The second kappa shape index (κ2) is 10.4. The van der Waals surface area contributed by atoms with Crippen LogP contribution in [-0.4, -0.2) is 79.9 Å². The Hall–Kier alpha value is -1.87. The van der Waals surface area contributed by atoms with Gasteiger partial charge in [-0.1, -0.05) is 11.8 Å². The number of hydrogen-bond donors (Lipinski definition) is 7. The lowest BCUT2D eigenvalue weighted by molar-refractivity contribution is -0.0832. The first-order chi connectivity index (χ1) is 16.9. The first-order valence-corrected chi connectivity index (χ1v) is 14.3. The van der Waals surface area contributed by atoms with Gasteiger partial charge in [0.1, 0.15) is 24.7 Å². The fourth-order valence-electron chi connectivity index (χ4n) is 3.46. The smallest absolute Gasteiger partial charge is 0.386 e. The van der Waals surface area contributed by atoms with Crippen molar-refractivity contribution in [2.24, 2.45) is 0 Å². The molecule has 3 rings (SSSR count). The predicted molar refractivity (Wildman–Crippen MR) is 116 cm³/mol. The molecule has 3 unspecified atom stereocenters. The lowest BCUT2D eigenvalue weighted by Crippen LogP contribution is -2.47. The fourth-order valence-corrected chi connectivity index (χ4v) is 6.66. The number of nitrogens with one attached hydrogen (secondary N) is 1. The van der Waals surface area contributed by atoms with Crippen LogP contribution in [-0.2, 0) is 31.6 Å². The molecule has 0 aliphatic carbocycles. The van der Waals surface area contributed by atoms with Gasteiger partial charge >= 0.3 is 23.5 Å². The number of ether oxygens (including phenoxy) is 1. The van der Waals surface area contributed by atoms with Gasteiger partial charge in [0.2, 0.25) is 0 Å². The van der Waals surface area contributed by atoms with Crippen molar-refractivity contribution in [3.8, 4) is 11.8 Å². The number of alkyl halides is 1. The standard InChI is InChI=1S/C15H20FN4O14P3/c1-7(32-36(27,28)34-37(29,30)33-35(24,25)26)10-11(21)15(23,4-3-5-16)14(31-10)20-6-17-9-12(20)18-8(2)19-13(9)22/h6-7,10-11,14,21,23H,5H2,1-2H3,(H,27,28)(H,29,30)(H,18,19,22)(H2,24,25,26)/t7-,10+,11-,14+,15?/m0/s1. The molecule has 0 radical (unpaired) electrons. The van der Waals surface area contributed by atoms with Gasteiger partial charge in [-0.2, -0.15) is 8.62 Å². The Balaban J connectivity index is 1.95. The number of imidazole rings is 1. The van der Waals surface area contributed by atoms with E-state index in [-0.39, 0.29) is 17.0 Å². The van der Waals surface area contributed by atoms with Crippen LogP contribution in [0.15, 0.2) is 11.1 Å². The summed E-state index contributed by atoms with van der Waals surface area (Å²) in [6, 6.07) is 0. The van der Waals surface area contributed by atoms with Crippen LogP contribution in [0.25, 0.3) is 11.2 Å². The van der Waals surface area contributed by atoms with Crippen LogP contribution >= 0.6 is 23.5 Å². The molecule has 37 heavy (non-hydrogen) atoms. The maximum Gasteiger partial charge on any atom is 0.490 e. The largest absolute Gasteiger partial charge is 0.490 e. The van der Waals surface area contributed by atoms with Gasteiger partial charge in [-0.05, 0) is 13.8 Å². The first kappa shape index (κ1) is 29.7. The second-order valence-corrected chi connectivity index (χ2v) is 11.9. The maximum absolute atomic E-state index is 12.8. The molecule has 18 nitrogen and oxygen atoms in total. The number of hydrogen-bond acceptors (Lipinski definition) is 12. The van der Waals surface area contributed by atoms with Gasteiger partial charge in [0, 0.05) is 0 Å². The van der Waals surface area contributed by atoms with Gasteiger partial charge in [-0.15, -0.1) is 0 Å². The molecule has 0 spiro atoms. The molecule has 1 saturated heterocycles. The van der Waals surface area contributed by atoms with Crippen molar-refractivity contribution < 1.29 is 65.8 Å². The summed E-state index contributed by atoms with van der Waals surface area (Å²) >= 11 is 0. The summed E-state index contributed by atoms with van der Waals surface area (Å²) < 4.78 is 65.8. The third-order valence-corrected chi connectivity index (χ3v) is 8.69. The third kappa shape index (κ3) is 6.59. The van der Waals surface area contributed by atoms with Crippen LogP contribution in [0.4, 0.5) is 4.39 Å². The molecule has 2 aromatic rings. The van der Waals surface area contributed by atoms with Crippen LogP contribution < -0.4 is 5.56 Å². The van der Waals surface area contributed by atoms with Crippen molar-refractivity contribution in [1.29, 1.82) is 0 Å². The highest BCUT2D eigenvalue weighted by Gasteiger charge is 2.58. The van der Waals surface area contributed by atoms with Gasteiger partial charge in [0.05, 0.1) is 12.4 Å². The lowest BCUT2D eigenvalue weighted by atomic mass is 9.92. The van der Waals surface area contributed by atoms with Gasteiger partial charge in [0.15, 0.2) is 23.0 Å². The molecule has 0 bridgehead atoms. The van der Waals surface area contributed by atoms with Crippen molar-refractivity contribution in [2.75, 3.05) is 6.67 Å². The molecule has 0 aromatic carbocycles. The van der Waals surface area contributed by atoms with Gasteiger partial charge < -0.3 is 39.5 Å². The zero-order valence-corrected chi connectivity index (χ0v) is 21.3. The van der Waals surface area contributed by atoms with E-state index in [4.69, 9.17) is 14.5 Å². The Bertz CT molecular complexity index is 1450. The fraction of sp³-hybridized carbons (Fsp3) is 0.533. The number of aromatic amines is 1. The molecule has 1 aliphatic rings. The summed E-state index contributed by atoms with van der Waals surface area (Å²) in [6.45, 7) is 1.16. The van der Waals surface area contributed by atoms with E-state index in [2.05, 4.69) is 34.0 Å². The molecule has 206 valence electrons. The number of aliphatic hydroxyl groups is 2. The highest BCUT2D eigenvalue weighted by molar-refractivity contribution is 7.66. The number of aromatic nitrogens is 4. The maximum atomic E-state index is 12.8. The number of H-pyrrole nitrogens is 1. The van der Waals surface area contributed by atoms with E-state index in [1.807, 2.05) is 5.92 Å². The van der Waals surface area contributed by atoms with E-state index in [0.29, 0.717) is 0 Å². The Labute approximate surface area is 205 Å². The summed E-state index contributed by atoms with van der Waals surface area (Å²) in [6.07, 6.45) is -6.43. The zero-order valence-electron chi connectivity index (χ0n) is 18.6. The number of aliphatic hydroxyl groups excluding tert-OH is 1. The molecule has 7 atom stereocenters. The van der Waals surface area contributed by atoms with E-state index in [1.54, 1.807) is 0 Å². The molecule has 22 heteroatoms. The highest BCUT2D eigenvalue weighted by Crippen LogP contribution is 2.66. The third-order valence-electron chi connectivity index (χ3n) is 4.76. The van der Waals surface area contributed by atoms with E-state index >= 15 is 0 Å². The minimum Gasteiger partial charge on any atom is -0.386 e. The number of phosphoric ester groups is 1.